The monoisotopic (exact) mass is 403 g/mol. The molecule has 0 bridgehead atoms. The molecule has 2 heterocycles. The van der Waals surface area contributed by atoms with E-state index in [4.69, 9.17) is 23.2 Å². The number of nitrogens with zero attached hydrogens (tertiary/aromatic N) is 2. The van der Waals surface area contributed by atoms with Crippen LogP contribution in [-0.4, -0.2) is 24.0 Å². The average molecular weight is 404 g/mol. The van der Waals surface area contributed by atoms with Gasteiger partial charge >= 0.3 is 6.18 Å². The van der Waals surface area contributed by atoms with Crippen molar-refractivity contribution in [2.24, 2.45) is 0 Å². The maximum absolute atomic E-state index is 13.1. The van der Waals surface area contributed by atoms with Gasteiger partial charge in [0.15, 0.2) is 0 Å². The Kier molecular flexibility index (Phi) is 5.29. The Labute approximate surface area is 157 Å². The zero-order chi connectivity index (χ0) is 18.9. The van der Waals surface area contributed by atoms with Crippen LogP contribution in [0.3, 0.4) is 0 Å². The molecule has 2 aromatic rings. The van der Waals surface area contributed by atoms with Crippen molar-refractivity contribution in [1.82, 2.24) is 4.98 Å². The average Bonchev–Trinajstić information content (AvgIpc) is 3.10. The topological polar surface area (TPSA) is 45.2 Å². The third-order valence-electron chi connectivity index (χ3n) is 4.08. The molecule has 1 saturated heterocycles. The van der Waals surface area contributed by atoms with Crippen LogP contribution in [0.1, 0.15) is 28.8 Å². The lowest BCUT2D eigenvalue weighted by Crippen LogP contribution is -2.22. The highest BCUT2D eigenvalue weighted by Crippen LogP contribution is 2.36. The van der Waals surface area contributed by atoms with Gasteiger partial charge in [-0.25, -0.2) is 4.98 Å². The number of hydrogen-bond acceptors (Lipinski definition) is 3. The summed E-state index contributed by atoms with van der Waals surface area (Å²) in [6.07, 6.45) is -1.39. The zero-order valence-corrected chi connectivity index (χ0v) is 14.9. The van der Waals surface area contributed by atoms with Gasteiger partial charge in [0.25, 0.3) is 5.91 Å². The van der Waals surface area contributed by atoms with E-state index in [0.29, 0.717) is 5.69 Å². The second-order valence-corrected chi connectivity index (χ2v) is 6.64. The Bertz CT molecular complexity index is 836. The molecule has 1 fully saturated rings. The molecule has 0 aliphatic carbocycles. The second kappa shape index (κ2) is 7.32. The molecule has 4 nitrogen and oxygen atoms in total. The van der Waals surface area contributed by atoms with Gasteiger partial charge in [-0.05, 0) is 37.1 Å². The number of alkyl halides is 3. The second-order valence-electron chi connectivity index (χ2n) is 5.87. The molecule has 0 atom stereocenters. The molecular weight excluding hydrogens is 390 g/mol. The van der Waals surface area contributed by atoms with Crippen LogP contribution in [0.15, 0.2) is 30.5 Å². The van der Waals surface area contributed by atoms with E-state index in [1.54, 1.807) is 0 Å². The predicted octanol–water partition coefficient (Wildman–Crippen LogP) is 5.26. The van der Waals surface area contributed by atoms with Crippen LogP contribution in [0.2, 0.25) is 10.2 Å². The first kappa shape index (κ1) is 18.8. The Morgan fingerprint density at radius 3 is 2.46 bits per heavy atom. The molecule has 0 radical (unpaired) electrons. The molecule has 1 aliphatic heterocycles. The van der Waals surface area contributed by atoms with Gasteiger partial charge in [-0.1, -0.05) is 23.2 Å². The Balaban J connectivity index is 1.95. The van der Waals surface area contributed by atoms with Gasteiger partial charge in [-0.15, -0.1) is 0 Å². The van der Waals surface area contributed by atoms with E-state index in [9.17, 15) is 18.0 Å². The molecule has 26 heavy (non-hydrogen) atoms. The maximum Gasteiger partial charge on any atom is 0.416 e. The molecular formula is C17H14Cl2F3N3O. The summed E-state index contributed by atoms with van der Waals surface area (Å²) in [5.74, 6) is -0.615. The molecule has 0 unspecified atom stereocenters. The van der Waals surface area contributed by atoms with E-state index >= 15 is 0 Å². The van der Waals surface area contributed by atoms with Gasteiger partial charge in [-0.3, -0.25) is 4.79 Å². The first-order valence-electron chi connectivity index (χ1n) is 7.84. The van der Waals surface area contributed by atoms with Crippen molar-refractivity contribution in [3.63, 3.8) is 0 Å². The molecule has 0 spiro atoms. The first-order valence-corrected chi connectivity index (χ1v) is 8.60. The minimum Gasteiger partial charge on any atom is -0.370 e. The number of hydrogen-bond donors (Lipinski definition) is 1. The van der Waals surface area contributed by atoms with Crippen molar-refractivity contribution >= 4 is 40.5 Å². The van der Waals surface area contributed by atoms with E-state index in [2.05, 4.69) is 10.3 Å². The third kappa shape index (κ3) is 4.04. The van der Waals surface area contributed by atoms with Crippen molar-refractivity contribution in [3.05, 3.63) is 51.8 Å². The fourth-order valence-electron chi connectivity index (χ4n) is 2.79. The predicted molar refractivity (Wildman–Crippen MR) is 95.1 cm³/mol. The lowest BCUT2D eigenvalue weighted by molar-refractivity contribution is -0.137. The third-order valence-corrected chi connectivity index (χ3v) is 4.76. The number of amides is 1. The summed E-state index contributed by atoms with van der Waals surface area (Å²) in [7, 11) is 0. The highest BCUT2D eigenvalue weighted by atomic mass is 35.5. The molecule has 1 aromatic carbocycles. The van der Waals surface area contributed by atoms with Crippen molar-refractivity contribution < 1.29 is 18.0 Å². The fourth-order valence-corrected chi connectivity index (χ4v) is 3.06. The SMILES string of the molecule is O=C(Nc1cc(C(F)(F)F)ccc1N1CCCC1)c1cnc(Cl)c(Cl)c1. The van der Waals surface area contributed by atoms with Crippen molar-refractivity contribution in [2.45, 2.75) is 19.0 Å². The van der Waals surface area contributed by atoms with Gasteiger partial charge in [0.1, 0.15) is 5.15 Å². The highest BCUT2D eigenvalue weighted by molar-refractivity contribution is 6.41. The molecule has 0 saturated carbocycles. The smallest absolute Gasteiger partial charge is 0.370 e. The summed E-state index contributed by atoms with van der Waals surface area (Å²) >= 11 is 11.6. The van der Waals surface area contributed by atoms with Crippen LogP contribution in [-0.2, 0) is 6.18 Å². The van der Waals surface area contributed by atoms with Crippen molar-refractivity contribution in [1.29, 1.82) is 0 Å². The van der Waals surface area contributed by atoms with E-state index in [0.717, 1.165) is 38.1 Å². The molecule has 1 aliphatic rings. The van der Waals surface area contributed by atoms with Gasteiger partial charge < -0.3 is 10.2 Å². The molecule has 1 aromatic heterocycles. The molecule has 9 heteroatoms. The van der Waals surface area contributed by atoms with Crippen LogP contribution in [0.5, 0.6) is 0 Å². The van der Waals surface area contributed by atoms with E-state index < -0.39 is 17.6 Å². The summed E-state index contributed by atoms with van der Waals surface area (Å²) in [6, 6.07) is 4.66. The number of nitrogens with one attached hydrogen (secondary N) is 1. The van der Waals surface area contributed by atoms with Gasteiger partial charge in [-0.2, -0.15) is 13.2 Å². The normalized spacial score (nSPS) is 14.6. The number of halogens is 5. The van der Waals surface area contributed by atoms with Gasteiger partial charge in [0.05, 0.1) is 27.5 Å². The summed E-state index contributed by atoms with van der Waals surface area (Å²) in [6.45, 7) is 1.45. The zero-order valence-electron chi connectivity index (χ0n) is 13.4. The van der Waals surface area contributed by atoms with Gasteiger partial charge in [0, 0.05) is 19.3 Å². The lowest BCUT2D eigenvalue weighted by atomic mass is 10.1. The first-order chi connectivity index (χ1) is 12.3. The Hall–Kier alpha value is -1.99. The van der Waals surface area contributed by atoms with E-state index in [1.165, 1.54) is 18.3 Å². The summed E-state index contributed by atoms with van der Waals surface area (Å²) in [4.78, 5) is 18.2. The number of benzene rings is 1. The summed E-state index contributed by atoms with van der Waals surface area (Å²) in [5.41, 5.74) is -0.0816. The number of rotatable bonds is 3. The molecule has 1 amide bonds. The quantitative estimate of drug-likeness (QED) is 0.710. The van der Waals surface area contributed by atoms with Crippen molar-refractivity contribution in [2.75, 3.05) is 23.3 Å². The minimum absolute atomic E-state index is 0.0417. The van der Waals surface area contributed by atoms with E-state index in [1.807, 2.05) is 4.90 Å². The molecule has 1 N–H and O–H groups in total. The van der Waals surface area contributed by atoms with Crippen LogP contribution >= 0.6 is 23.2 Å². The Morgan fingerprint density at radius 1 is 1.15 bits per heavy atom. The number of anilines is 2. The number of carbonyl (C=O) groups excluding carboxylic acids is 1. The van der Waals surface area contributed by atoms with Gasteiger partial charge in [0.2, 0.25) is 0 Å². The molecule has 3 rings (SSSR count). The fraction of sp³-hybridized carbons (Fsp3) is 0.294. The Morgan fingerprint density at radius 2 is 1.85 bits per heavy atom. The van der Waals surface area contributed by atoms with Crippen LogP contribution in [0.4, 0.5) is 24.5 Å². The number of aromatic nitrogens is 1. The largest absolute Gasteiger partial charge is 0.416 e. The van der Waals surface area contributed by atoms with Crippen LogP contribution < -0.4 is 10.2 Å². The summed E-state index contributed by atoms with van der Waals surface area (Å²) in [5, 5.41) is 2.67. The van der Waals surface area contributed by atoms with Crippen LogP contribution in [0, 0.1) is 0 Å². The highest BCUT2D eigenvalue weighted by Gasteiger charge is 2.32. The number of carbonyl (C=O) groups is 1. The van der Waals surface area contributed by atoms with E-state index in [-0.39, 0.29) is 21.4 Å². The maximum atomic E-state index is 13.1. The standard InChI is InChI=1S/C17H14Cl2F3N3O/c18-12-7-10(9-23-15(12)19)16(26)24-13-8-11(17(20,21)22)3-4-14(13)25-5-1-2-6-25/h3-4,7-9H,1-2,5-6H2,(H,24,26). The number of pyridine rings is 1. The summed E-state index contributed by atoms with van der Waals surface area (Å²) < 4.78 is 39.2. The minimum atomic E-state index is -4.51. The molecule has 138 valence electrons. The van der Waals surface area contributed by atoms with Crippen molar-refractivity contribution in [3.8, 4) is 0 Å². The van der Waals surface area contributed by atoms with Crippen LogP contribution in [0.25, 0.3) is 0 Å². The lowest BCUT2D eigenvalue weighted by Gasteiger charge is -2.23.